The molecule has 0 aromatic heterocycles. The maximum Gasteiger partial charge on any atom is 0.325 e. The van der Waals surface area contributed by atoms with Crippen LogP contribution in [0.5, 0.6) is 0 Å². The van der Waals surface area contributed by atoms with Crippen LogP contribution in [0.3, 0.4) is 0 Å². The molecule has 1 fully saturated rings. The van der Waals surface area contributed by atoms with E-state index < -0.39 is 17.9 Å². The standard InChI is InChI=1S/C14H22O4S2/c1-8(2)11(12(15)17-9(3)4)13(16)18-10(5)14-19-6-7-20-14/h8-9,11,14H,5-7H2,1-4H3. The Bertz CT molecular complexity index is 373. The van der Waals surface area contributed by atoms with Crippen LogP contribution < -0.4 is 0 Å². The Morgan fingerprint density at radius 3 is 2.10 bits per heavy atom. The molecular weight excluding hydrogens is 296 g/mol. The molecule has 1 saturated heterocycles. The number of carbonyl (C=O) groups is 2. The zero-order chi connectivity index (χ0) is 15.3. The second kappa shape index (κ2) is 7.98. The predicted molar refractivity (Wildman–Crippen MR) is 83.5 cm³/mol. The van der Waals surface area contributed by atoms with Gasteiger partial charge >= 0.3 is 11.9 Å². The number of ether oxygens (including phenoxy) is 2. The molecule has 0 aliphatic carbocycles. The molecule has 1 aliphatic heterocycles. The van der Waals surface area contributed by atoms with Crippen LogP contribution in [0.15, 0.2) is 12.3 Å². The highest BCUT2D eigenvalue weighted by Gasteiger charge is 2.35. The van der Waals surface area contributed by atoms with Crippen LogP contribution in [0.25, 0.3) is 0 Å². The van der Waals surface area contributed by atoms with Gasteiger partial charge in [-0.05, 0) is 19.8 Å². The van der Waals surface area contributed by atoms with Crippen molar-refractivity contribution in [2.75, 3.05) is 11.5 Å². The van der Waals surface area contributed by atoms with Gasteiger partial charge in [-0.1, -0.05) is 20.4 Å². The first-order valence-corrected chi connectivity index (χ1v) is 8.76. The molecule has 1 unspecified atom stereocenters. The van der Waals surface area contributed by atoms with Crippen molar-refractivity contribution in [3.8, 4) is 0 Å². The highest BCUT2D eigenvalue weighted by Crippen LogP contribution is 2.37. The summed E-state index contributed by atoms with van der Waals surface area (Å²) >= 11 is 3.40. The number of rotatable bonds is 6. The molecule has 1 heterocycles. The Morgan fingerprint density at radius 2 is 1.65 bits per heavy atom. The van der Waals surface area contributed by atoms with Gasteiger partial charge in [-0.2, -0.15) is 0 Å². The van der Waals surface area contributed by atoms with Crippen molar-refractivity contribution in [1.29, 1.82) is 0 Å². The normalized spacial score (nSPS) is 17.3. The van der Waals surface area contributed by atoms with Crippen molar-refractivity contribution in [2.45, 2.75) is 38.4 Å². The third-order valence-corrected chi connectivity index (χ3v) is 5.73. The van der Waals surface area contributed by atoms with Gasteiger partial charge in [0.1, 0.15) is 10.3 Å². The van der Waals surface area contributed by atoms with Crippen molar-refractivity contribution in [1.82, 2.24) is 0 Å². The fourth-order valence-corrected chi connectivity index (χ4v) is 4.36. The van der Waals surface area contributed by atoms with Gasteiger partial charge < -0.3 is 9.47 Å². The molecular formula is C14H22O4S2. The maximum atomic E-state index is 12.2. The minimum Gasteiger partial charge on any atom is -0.462 e. The van der Waals surface area contributed by atoms with Crippen LogP contribution >= 0.6 is 23.5 Å². The van der Waals surface area contributed by atoms with Crippen molar-refractivity contribution >= 4 is 35.5 Å². The van der Waals surface area contributed by atoms with Gasteiger partial charge in [-0.3, -0.25) is 9.59 Å². The molecule has 1 atom stereocenters. The third-order valence-electron chi connectivity index (χ3n) is 2.64. The second-order valence-corrected chi connectivity index (χ2v) is 7.89. The van der Waals surface area contributed by atoms with Crippen molar-refractivity contribution in [3.63, 3.8) is 0 Å². The van der Waals surface area contributed by atoms with Gasteiger partial charge in [-0.25, -0.2) is 0 Å². The van der Waals surface area contributed by atoms with Crippen LogP contribution in [0.2, 0.25) is 0 Å². The molecule has 0 spiro atoms. The highest BCUT2D eigenvalue weighted by molar-refractivity contribution is 8.20. The fraction of sp³-hybridized carbons (Fsp3) is 0.714. The lowest BCUT2D eigenvalue weighted by atomic mass is 9.96. The first-order valence-electron chi connectivity index (χ1n) is 6.67. The fourth-order valence-electron chi connectivity index (χ4n) is 1.73. The van der Waals surface area contributed by atoms with Crippen LogP contribution in [0.4, 0.5) is 0 Å². The van der Waals surface area contributed by atoms with E-state index in [1.54, 1.807) is 51.2 Å². The third kappa shape index (κ3) is 5.05. The van der Waals surface area contributed by atoms with E-state index in [1.807, 2.05) is 0 Å². The Kier molecular flexibility index (Phi) is 6.95. The predicted octanol–water partition coefficient (Wildman–Crippen LogP) is 3.07. The minimum atomic E-state index is -0.898. The van der Waals surface area contributed by atoms with Gasteiger partial charge in [-0.15, -0.1) is 23.5 Å². The summed E-state index contributed by atoms with van der Waals surface area (Å²) in [5.41, 5.74) is 0. The lowest BCUT2D eigenvalue weighted by Crippen LogP contribution is -2.33. The van der Waals surface area contributed by atoms with Gasteiger partial charge in [0, 0.05) is 11.5 Å². The molecule has 0 bridgehead atoms. The zero-order valence-corrected chi connectivity index (χ0v) is 14.0. The number of thioether (sulfide) groups is 2. The summed E-state index contributed by atoms with van der Waals surface area (Å²) in [6, 6.07) is 0. The quantitative estimate of drug-likeness (QED) is 0.426. The van der Waals surface area contributed by atoms with Gasteiger partial charge in [0.05, 0.1) is 6.10 Å². The largest absolute Gasteiger partial charge is 0.462 e. The number of carbonyl (C=O) groups excluding carboxylic acids is 2. The average molecular weight is 318 g/mol. The summed E-state index contributed by atoms with van der Waals surface area (Å²) in [5, 5.41) is 0. The van der Waals surface area contributed by atoms with Crippen molar-refractivity contribution in [3.05, 3.63) is 12.3 Å². The lowest BCUT2D eigenvalue weighted by molar-refractivity contribution is -0.164. The smallest absolute Gasteiger partial charge is 0.325 e. The van der Waals surface area contributed by atoms with Gasteiger partial charge in [0.15, 0.2) is 5.92 Å². The molecule has 0 radical (unpaired) electrons. The van der Waals surface area contributed by atoms with Crippen LogP contribution in [-0.4, -0.2) is 34.1 Å². The van der Waals surface area contributed by atoms with E-state index in [4.69, 9.17) is 9.47 Å². The highest BCUT2D eigenvalue weighted by atomic mass is 32.2. The van der Waals surface area contributed by atoms with Crippen LogP contribution in [0, 0.1) is 11.8 Å². The van der Waals surface area contributed by atoms with Crippen LogP contribution in [0.1, 0.15) is 27.7 Å². The minimum absolute atomic E-state index is 0.0767. The molecule has 0 aromatic rings. The molecule has 0 N–H and O–H groups in total. The number of esters is 2. The van der Waals surface area contributed by atoms with E-state index in [1.165, 1.54) is 0 Å². The second-order valence-electron chi connectivity index (χ2n) is 5.17. The molecule has 0 aromatic carbocycles. The van der Waals surface area contributed by atoms with Crippen molar-refractivity contribution < 1.29 is 19.1 Å². The van der Waals surface area contributed by atoms with E-state index >= 15 is 0 Å². The number of hydrogen-bond acceptors (Lipinski definition) is 6. The summed E-state index contributed by atoms with van der Waals surface area (Å²) in [6.07, 6.45) is -0.249. The summed E-state index contributed by atoms with van der Waals surface area (Å²) in [5.74, 6) is 0.300. The van der Waals surface area contributed by atoms with Crippen molar-refractivity contribution in [2.24, 2.45) is 11.8 Å². The van der Waals surface area contributed by atoms with E-state index in [-0.39, 0.29) is 16.6 Å². The summed E-state index contributed by atoms with van der Waals surface area (Å²) < 4.78 is 10.5. The van der Waals surface area contributed by atoms with E-state index in [0.29, 0.717) is 5.76 Å². The first kappa shape index (κ1) is 17.4. The summed E-state index contributed by atoms with van der Waals surface area (Å²) in [7, 11) is 0. The molecule has 1 rings (SSSR count). The first-order chi connectivity index (χ1) is 9.32. The summed E-state index contributed by atoms with van der Waals surface area (Å²) in [6.45, 7) is 10.9. The Morgan fingerprint density at radius 1 is 1.10 bits per heavy atom. The Hall–Kier alpha value is -0.620. The zero-order valence-electron chi connectivity index (χ0n) is 12.4. The maximum absolute atomic E-state index is 12.2. The lowest BCUT2D eigenvalue weighted by Gasteiger charge is -2.21. The molecule has 0 saturated carbocycles. The molecule has 6 heteroatoms. The number of hydrogen-bond donors (Lipinski definition) is 0. The Balaban J connectivity index is 2.64. The molecule has 114 valence electrons. The molecule has 20 heavy (non-hydrogen) atoms. The average Bonchev–Trinajstić information content (AvgIpc) is 2.79. The molecule has 0 amide bonds. The van der Waals surface area contributed by atoms with Crippen LogP contribution in [-0.2, 0) is 19.1 Å². The summed E-state index contributed by atoms with van der Waals surface area (Å²) in [4.78, 5) is 24.1. The SMILES string of the molecule is C=C(OC(=O)C(C(=O)OC(C)C)C(C)C)C1SCCS1. The van der Waals surface area contributed by atoms with E-state index in [0.717, 1.165) is 11.5 Å². The molecule has 4 nitrogen and oxygen atoms in total. The topological polar surface area (TPSA) is 52.6 Å². The van der Waals surface area contributed by atoms with Gasteiger partial charge in [0.25, 0.3) is 0 Å². The Labute approximate surface area is 129 Å². The van der Waals surface area contributed by atoms with E-state index in [2.05, 4.69) is 6.58 Å². The monoisotopic (exact) mass is 318 g/mol. The molecule has 1 aliphatic rings. The van der Waals surface area contributed by atoms with E-state index in [9.17, 15) is 9.59 Å². The van der Waals surface area contributed by atoms with Gasteiger partial charge in [0.2, 0.25) is 0 Å².